The van der Waals surface area contributed by atoms with Gasteiger partial charge in [-0.15, -0.1) is 0 Å². The Hall–Kier alpha value is -1.95. The summed E-state index contributed by atoms with van der Waals surface area (Å²) in [7, 11) is 0. The SMILES string of the molecule is Cc1cc(C(=O)N2CC(C)CC(N)C2)ccc1[N+](=O)[O-]. The first kappa shape index (κ1) is 14.5. The van der Waals surface area contributed by atoms with Gasteiger partial charge in [0.05, 0.1) is 4.92 Å². The van der Waals surface area contributed by atoms with E-state index in [1.165, 1.54) is 12.1 Å². The van der Waals surface area contributed by atoms with E-state index in [1.807, 2.05) is 0 Å². The molecule has 0 aromatic heterocycles. The van der Waals surface area contributed by atoms with Crippen molar-refractivity contribution in [2.75, 3.05) is 13.1 Å². The maximum Gasteiger partial charge on any atom is 0.272 e. The number of hydrogen-bond acceptors (Lipinski definition) is 4. The van der Waals surface area contributed by atoms with E-state index >= 15 is 0 Å². The number of carbonyl (C=O) groups excluding carboxylic acids is 1. The standard InChI is InChI=1S/C14H19N3O3/c1-9-5-12(15)8-16(7-9)14(18)11-3-4-13(17(19)20)10(2)6-11/h3-4,6,9,12H,5,7-8,15H2,1-2H3. The van der Waals surface area contributed by atoms with Gasteiger partial charge in [-0.05, 0) is 31.4 Å². The van der Waals surface area contributed by atoms with Crippen LogP contribution in [0.3, 0.4) is 0 Å². The number of amides is 1. The molecule has 0 spiro atoms. The first-order valence-electron chi connectivity index (χ1n) is 6.68. The van der Waals surface area contributed by atoms with E-state index in [0.717, 1.165) is 6.42 Å². The van der Waals surface area contributed by atoms with Gasteiger partial charge in [0.15, 0.2) is 0 Å². The van der Waals surface area contributed by atoms with Gasteiger partial charge in [-0.1, -0.05) is 6.92 Å². The molecule has 1 aliphatic rings. The van der Waals surface area contributed by atoms with E-state index in [9.17, 15) is 14.9 Å². The van der Waals surface area contributed by atoms with Crippen molar-refractivity contribution >= 4 is 11.6 Å². The highest BCUT2D eigenvalue weighted by Gasteiger charge is 2.27. The highest BCUT2D eigenvalue weighted by molar-refractivity contribution is 5.94. The number of likely N-dealkylation sites (tertiary alicyclic amines) is 1. The van der Waals surface area contributed by atoms with Gasteiger partial charge in [0, 0.05) is 36.3 Å². The Labute approximate surface area is 117 Å². The lowest BCUT2D eigenvalue weighted by Crippen LogP contribution is -2.48. The minimum Gasteiger partial charge on any atom is -0.337 e. The highest BCUT2D eigenvalue weighted by atomic mass is 16.6. The lowest BCUT2D eigenvalue weighted by atomic mass is 9.96. The summed E-state index contributed by atoms with van der Waals surface area (Å²) < 4.78 is 0. The van der Waals surface area contributed by atoms with Crippen LogP contribution in [0.1, 0.15) is 29.3 Å². The molecular formula is C14H19N3O3. The molecule has 0 saturated carbocycles. The van der Waals surface area contributed by atoms with Crippen LogP contribution in [0.15, 0.2) is 18.2 Å². The summed E-state index contributed by atoms with van der Waals surface area (Å²) in [4.78, 5) is 24.5. The molecule has 1 saturated heterocycles. The monoisotopic (exact) mass is 277 g/mol. The van der Waals surface area contributed by atoms with E-state index in [-0.39, 0.29) is 17.6 Å². The molecule has 2 unspecified atom stereocenters. The topological polar surface area (TPSA) is 89.5 Å². The van der Waals surface area contributed by atoms with Gasteiger partial charge >= 0.3 is 0 Å². The molecule has 1 aromatic rings. The lowest BCUT2D eigenvalue weighted by Gasteiger charge is -2.34. The zero-order valence-corrected chi connectivity index (χ0v) is 11.7. The summed E-state index contributed by atoms with van der Waals surface area (Å²) in [6.45, 7) is 4.93. The third kappa shape index (κ3) is 2.96. The maximum atomic E-state index is 12.4. The summed E-state index contributed by atoms with van der Waals surface area (Å²) >= 11 is 0. The highest BCUT2D eigenvalue weighted by Crippen LogP contribution is 2.22. The Morgan fingerprint density at radius 2 is 2.15 bits per heavy atom. The molecule has 1 heterocycles. The summed E-state index contributed by atoms with van der Waals surface area (Å²) in [5.41, 5.74) is 6.95. The molecule has 0 radical (unpaired) electrons. The van der Waals surface area contributed by atoms with E-state index in [2.05, 4.69) is 6.92 Å². The predicted octanol–water partition coefficient (Wildman–Crippen LogP) is 1.71. The van der Waals surface area contributed by atoms with Gasteiger partial charge in [0.1, 0.15) is 0 Å². The van der Waals surface area contributed by atoms with Crippen molar-refractivity contribution in [2.45, 2.75) is 26.3 Å². The first-order chi connectivity index (χ1) is 9.38. The molecule has 1 aliphatic heterocycles. The second-order valence-electron chi connectivity index (χ2n) is 5.57. The van der Waals surface area contributed by atoms with Crippen molar-refractivity contribution in [3.63, 3.8) is 0 Å². The Bertz CT molecular complexity index is 534. The van der Waals surface area contributed by atoms with Crippen molar-refractivity contribution in [1.82, 2.24) is 4.90 Å². The molecule has 6 heteroatoms. The van der Waals surface area contributed by atoms with Crippen LogP contribution in [0.2, 0.25) is 0 Å². The van der Waals surface area contributed by atoms with E-state index in [0.29, 0.717) is 30.1 Å². The van der Waals surface area contributed by atoms with E-state index < -0.39 is 4.92 Å². The summed E-state index contributed by atoms with van der Waals surface area (Å²) in [5, 5.41) is 10.8. The van der Waals surface area contributed by atoms with Crippen LogP contribution in [0, 0.1) is 23.0 Å². The average Bonchev–Trinajstić information content (AvgIpc) is 2.36. The van der Waals surface area contributed by atoms with Crippen LogP contribution in [-0.2, 0) is 0 Å². The fourth-order valence-corrected chi connectivity index (χ4v) is 2.74. The Morgan fingerprint density at radius 3 is 2.70 bits per heavy atom. The predicted molar refractivity (Wildman–Crippen MR) is 75.5 cm³/mol. The molecule has 1 amide bonds. The second kappa shape index (κ2) is 5.58. The molecule has 1 fully saturated rings. The summed E-state index contributed by atoms with van der Waals surface area (Å²) in [6.07, 6.45) is 0.920. The van der Waals surface area contributed by atoms with Crippen LogP contribution >= 0.6 is 0 Å². The molecule has 20 heavy (non-hydrogen) atoms. The molecule has 6 nitrogen and oxygen atoms in total. The number of benzene rings is 1. The van der Waals surface area contributed by atoms with Gasteiger partial charge in [0.2, 0.25) is 0 Å². The van der Waals surface area contributed by atoms with Crippen molar-refractivity contribution in [3.05, 3.63) is 39.4 Å². The summed E-state index contributed by atoms with van der Waals surface area (Å²) in [6, 6.07) is 4.47. The zero-order chi connectivity index (χ0) is 14.9. The molecular weight excluding hydrogens is 258 g/mol. The fraction of sp³-hybridized carbons (Fsp3) is 0.500. The van der Waals surface area contributed by atoms with Crippen LogP contribution in [0.25, 0.3) is 0 Å². The van der Waals surface area contributed by atoms with Gasteiger partial charge in [0.25, 0.3) is 11.6 Å². The van der Waals surface area contributed by atoms with Crippen LogP contribution in [0.4, 0.5) is 5.69 Å². The van der Waals surface area contributed by atoms with Gasteiger partial charge in [-0.3, -0.25) is 14.9 Å². The molecule has 108 valence electrons. The Balaban J connectivity index is 2.21. The van der Waals surface area contributed by atoms with Crippen LogP contribution in [-0.4, -0.2) is 34.9 Å². The van der Waals surface area contributed by atoms with Crippen molar-refractivity contribution in [3.8, 4) is 0 Å². The molecule has 2 atom stereocenters. The molecule has 2 rings (SSSR count). The minimum absolute atomic E-state index is 0.00171. The second-order valence-corrected chi connectivity index (χ2v) is 5.57. The Kier molecular flexibility index (Phi) is 4.04. The Morgan fingerprint density at radius 1 is 1.45 bits per heavy atom. The number of carbonyl (C=O) groups is 1. The quantitative estimate of drug-likeness (QED) is 0.658. The maximum absolute atomic E-state index is 12.4. The van der Waals surface area contributed by atoms with Crippen molar-refractivity contribution in [1.29, 1.82) is 0 Å². The third-order valence-corrected chi connectivity index (χ3v) is 3.62. The van der Waals surface area contributed by atoms with Crippen LogP contribution in [0.5, 0.6) is 0 Å². The third-order valence-electron chi connectivity index (χ3n) is 3.62. The number of nitrogens with two attached hydrogens (primary N) is 1. The number of nitrogens with zero attached hydrogens (tertiary/aromatic N) is 2. The minimum atomic E-state index is -0.442. The molecule has 1 aromatic carbocycles. The number of nitro benzene ring substituents is 1. The molecule has 0 bridgehead atoms. The van der Waals surface area contributed by atoms with Gasteiger partial charge in [-0.25, -0.2) is 0 Å². The lowest BCUT2D eigenvalue weighted by molar-refractivity contribution is -0.385. The van der Waals surface area contributed by atoms with Crippen molar-refractivity contribution < 1.29 is 9.72 Å². The van der Waals surface area contributed by atoms with E-state index in [4.69, 9.17) is 5.73 Å². The van der Waals surface area contributed by atoms with Gasteiger partial charge in [-0.2, -0.15) is 0 Å². The largest absolute Gasteiger partial charge is 0.337 e. The number of hydrogen-bond donors (Lipinski definition) is 1. The smallest absolute Gasteiger partial charge is 0.272 e. The van der Waals surface area contributed by atoms with Gasteiger partial charge < -0.3 is 10.6 Å². The normalized spacial score (nSPS) is 22.6. The number of aryl methyl sites for hydroxylation is 1. The first-order valence-corrected chi connectivity index (χ1v) is 6.68. The van der Waals surface area contributed by atoms with E-state index in [1.54, 1.807) is 17.9 Å². The molecule has 0 aliphatic carbocycles. The molecule has 2 N–H and O–H groups in total. The number of nitro groups is 1. The van der Waals surface area contributed by atoms with Crippen molar-refractivity contribution in [2.24, 2.45) is 11.7 Å². The fourth-order valence-electron chi connectivity index (χ4n) is 2.74. The zero-order valence-electron chi connectivity index (χ0n) is 11.7. The number of piperidine rings is 1. The average molecular weight is 277 g/mol. The van der Waals surface area contributed by atoms with Crippen LogP contribution < -0.4 is 5.73 Å². The summed E-state index contributed by atoms with van der Waals surface area (Å²) in [5.74, 6) is 0.270. The number of rotatable bonds is 2.